The second kappa shape index (κ2) is 3.15. The Labute approximate surface area is 81.0 Å². The van der Waals surface area contributed by atoms with E-state index in [0.29, 0.717) is 11.1 Å². The van der Waals surface area contributed by atoms with Crippen LogP contribution in [0.15, 0.2) is 18.2 Å². The number of benzene rings is 1. The van der Waals surface area contributed by atoms with Gasteiger partial charge in [0.1, 0.15) is 5.82 Å². The van der Waals surface area contributed by atoms with Crippen molar-refractivity contribution in [2.24, 2.45) is 0 Å². The maximum atomic E-state index is 13.0. The number of hydrogen-bond donors (Lipinski definition) is 1. The van der Waals surface area contributed by atoms with Crippen molar-refractivity contribution in [1.82, 2.24) is 4.98 Å². The average Bonchev–Trinajstić information content (AvgIpc) is 2.59. The van der Waals surface area contributed by atoms with E-state index in [4.69, 9.17) is 5.26 Å². The molecule has 0 saturated heterocycles. The summed E-state index contributed by atoms with van der Waals surface area (Å²) < 4.78 is 13.0. The standard InChI is InChI=1S/C11H9FN2/c1-2-9-5-10-7(6-13)3-8(12)4-11(10)14-9/h3-5,14H,2H2,1H3. The van der Waals surface area contributed by atoms with Crippen LogP contribution in [0.2, 0.25) is 0 Å². The highest BCUT2D eigenvalue weighted by Crippen LogP contribution is 2.21. The van der Waals surface area contributed by atoms with E-state index in [1.54, 1.807) is 0 Å². The number of aromatic nitrogens is 1. The highest BCUT2D eigenvalue weighted by molar-refractivity contribution is 5.86. The van der Waals surface area contributed by atoms with Gasteiger partial charge in [-0.2, -0.15) is 5.26 Å². The molecule has 0 bridgehead atoms. The summed E-state index contributed by atoms with van der Waals surface area (Å²) in [5.41, 5.74) is 2.09. The third kappa shape index (κ3) is 1.25. The molecule has 2 aromatic rings. The maximum Gasteiger partial charge on any atom is 0.126 e. The smallest absolute Gasteiger partial charge is 0.126 e. The first-order chi connectivity index (χ1) is 6.74. The molecular formula is C11H9FN2. The molecule has 0 saturated carbocycles. The molecule has 0 fully saturated rings. The third-order valence-electron chi connectivity index (χ3n) is 2.26. The molecule has 0 aliphatic rings. The third-order valence-corrected chi connectivity index (χ3v) is 2.26. The first-order valence-electron chi connectivity index (χ1n) is 4.46. The summed E-state index contributed by atoms with van der Waals surface area (Å²) in [7, 11) is 0. The van der Waals surface area contributed by atoms with Gasteiger partial charge in [0, 0.05) is 16.6 Å². The summed E-state index contributed by atoms with van der Waals surface area (Å²) in [5, 5.41) is 9.61. The van der Waals surface area contributed by atoms with Crippen molar-refractivity contribution in [3.63, 3.8) is 0 Å². The predicted octanol–water partition coefficient (Wildman–Crippen LogP) is 2.74. The summed E-state index contributed by atoms with van der Waals surface area (Å²) >= 11 is 0. The number of aryl methyl sites for hydroxylation is 1. The van der Waals surface area contributed by atoms with Crippen LogP contribution < -0.4 is 0 Å². The summed E-state index contributed by atoms with van der Waals surface area (Å²) in [6.07, 6.45) is 0.848. The summed E-state index contributed by atoms with van der Waals surface area (Å²) in [6.45, 7) is 2.01. The lowest BCUT2D eigenvalue weighted by molar-refractivity contribution is 0.629. The maximum absolute atomic E-state index is 13.0. The van der Waals surface area contributed by atoms with E-state index in [2.05, 4.69) is 4.98 Å². The Morgan fingerprint density at radius 2 is 2.21 bits per heavy atom. The fourth-order valence-electron chi connectivity index (χ4n) is 1.54. The Hall–Kier alpha value is -1.82. The van der Waals surface area contributed by atoms with Crippen molar-refractivity contribution in [3.8, 4) is 6.07 Å². The number of halogens is 1. The van der Waals surface area contributed by atoms with Gasteiger partial charge in [-0.3, -0.25) is 0 Å². The second-order valence-corrected chi connectivity index (χ2v) is 3.17. The van der Waals surface area contributed by atoms with Crippen LogP contribution in [-0.4, -0.2) is 4.98 Å². The molecule has 0 radical (unpaired) electrons. The van der Waals surface area contributed by atoms with Gasteiger partial charge in [-0.25, -0.2) is 4.39 Å². The summed E-state index contributed by atoms with van der Waals surface area (Å²) in [6, 6.07) is 6.56. The number of hydrogen-bond acceptors (Lipinski definition) is 1. The van der Waals surface area contributed by atoms with Gasteiger partial charge < -0.3 is 4.98 Å². The van der Waals surface area contributed by atoms with Gasteiger partial charge in [0.2, 0.25) is 0 Å². The number of H-pyrrole nitrogens is 1. The Balaban J connectivity index is 2.79. The van der Waals surface area contributed by atoms with Gasteiger partial charge in [-0.1, -0.05) is 6.92 Å². The Bertz CT molecular complexity index is 520. The highest BCUT2D eigenvalue weighted by Gasteiger charge is 2.06. The number of nitriles is 1. The molecule has 0 aliphatic carbocycles. The fourth-order valence-corrected chi connectivity index (χ4v) is 1.54. The van der Waals surface area contributed by atoms with Crippen LogP contribution >= 0.6 is 0 Å². The quantitative estimate of drug-likeness (QED) is 0.734. The van der Waals surface area contributed by atoms with E-state index >= 15 is 0 Å². The Kier molecular flexibility index (Phi) is 1.97. The molecule has 3 heteroatoms. The molecule has 0 unspecified atom stereocenters. The molecule has 0 amide bonds. The monoisotopic (exact) mass is 188 g/mol. The molecular weight excluding hydrogens is 179 g/mol. The molecule has 2 rings (SSSR count). The lowest BCUT2D eigenvalue weighted by atomic mass is 10.1. The summed E-state index contributed by atoms with van der Waals surface area (Å²) in [4.78, 5) is 3.07. The zero-order chi connectivity index (χ0) is 10.1. The molecule has 2 nitrogen and oxygen atoms in total. The average molecular weight is 188 g/mol. The SMILES string of the molecule is CCc1cc2c(C#N)cc(F)cc2[nH]1. The van der Waals surface area contributed by atoms with Crippen LogP contribution in [0.4, 0.5) is 4.39 Å². The van der Waals surface area contributed by atoms with E-state index in [-0.39, 0.29) is 5.82 Å². The minimum Gasteiger partial charge on any atom is -0.358 e. The van der Waals surface area contributed by atoms with Gasteiger partial charge in [-0.05, 0) is 24.6 Å². The first kappa shape index (κ1) is 8.76. The lowest BCUT2D eigenvalue weighted by Crippen LogP contribution is -1.80. The molecule has 1 aromatic heterocycles. The fraction of sp³-hybridized carbons (Fsp3) is 0.182. The molecule has 1 N–H and O–H groups in total. The molecule has 70 valence electrons. The van der Waals surface area contributed by atoms with Crippen LogP contribution in [0.3, 0.4) is 0 Å². The zero-order valence-electron chi connectivity index (χ0n) is 7.76. The Morgan fingerprint density at radius 1 is 1.43 bits per heavy atom. The van der Waals surface area contributed by atoms with Gasteiger partial charge >= 0.3 is 0 Å². The predicted molar refractivity (Wildman–Crippen MR) is 52.3 cm³/mol. The van der Waals surface area contributed by atoms with Crippen molar-refractivity contribution >= 4 is 10.9 Å². The van der Waals surface area contributed by atoms with Crippen LogP contribution in [0.5, 0.6) is 0 Å². The van der Waals surface area contributed by atoms with Crippen LogP contribution in [0.1, 0.15) is 18.2 Å². The molecule has 0 atom stereocenters. The first-order valence-corrected chi connectivity index (χ1v) is 4.46. The van der Waals surface area contributed by atoms with E-state index in [1.807, 2.05) is 19.1 Å². The summed E-state index contributed by atoms with van der Waals surface area (Å²) in [5.74, 6) is -0.376. The van der Waals surface area contributed by atoms with Crippen molar-refractivity contribution in [1.29, 1.82) is 5.26 Å². The van der Waals surface area contributed by atoms with Crippen molar-refractivity contribution < 1.29 is 4.39 Å². The number of nitrogens with one attached hydrogen (secondary N) is 1. The van der Waals surface area contributed by atoms with Gasteiger partial charge in [-0.15, -0.1) is 0 Å². The highest BCUT2D eigenvalue weighted by atomic mass is 19.1. The van der Waals surface area contributed by atoms with Crippen molar-refractivity contribution in [2.75, 3.05) is 0 Å². The zero-order valence-corrected chi connectivity index (χ0v) is 7.76. The van der Waals surface area contributed by atoms with Crippen molar-refractivity contribution in [2.45, 2.75) is 13.3 Å². The molecule has 1 heterocycles. The van der Waals surface area contributed by atoms with E-state index in [0.717, 1.165) is 17.5 Å². The largest absolute Gasteiger partial charge is 0.358 e. The van der Waals surface area contributed by atoms with Crippen LogP contribution in [-0.2, 0) is 6.42 Å². The second-order valence-electron chi connectivity index (χ2n) is 3.17. The van der Waals surface area contributed by atoms with Crippen LogP contribution in [0.25, 0.3) is 10.9 Å². The molecule has 0 aliphatic heterocycles. The van der Waals surface area contributed by atoms with E-state index in [9.17, 15) is 4.39 Å². The number of nitrogens with zero attached hydrogens (tertiary/aromatic N) is 1. The van der Waals surface area contributed by atoms with Gasteiger partial charge in [0.15, 0.2) is 0 Å². The molecule has 1 aromatic carbocycles. The van der Waals surface area contributed by atoms with Gasteiger partial charge in [0.25, 0.3) is 0 Å². The topological polar surface area (TPSA) is 39.6 Å². The molecule has 0 spiro atoms. The van der Waals surface area contributed by atoms with E-state index in [1.165, 1.54) is 12.1 Å². The van der Waals surface area contributed by atoms with Gasteiger partial charge in [0.05, 0.1) is 11.6 Å². The minimum atomic E-state index is -0.376. The van der Waals surface area contributed by atoms with Crippen LogP contribution in [0, 0.1) is 17.1 Å². The number of rotatable bonds is 1. The Morgan fingerprint density at radius 3 is 2.86 bits per heavy atom. The van der Waals surface area contributed by atoms with Crippen molar-refractivity contribution in [3.05, 3.63) is 35.3 Å². The van der Waals surface area contributed by atoms with E-state index < -0.39 is 0 Å². The number of aromatic amines is 1. The molecule has 14 heavy (non-hydrogen) atoms. The minimum absolute atomic E-state index is 0.376. The normalized spacial score (nSPS) is 10.4. The number of fused-ring (bicyclic) bond motifs is 1. The lowest BCUT2D eigenvalue weighted by Gasteiger charge is -1.93.